The number of sulfonamides is 1. The highest BCUT2D eigenvalue weighted by molar-refractivity contribution is 7.94. The molecule has 162 valence electrons. The van der Waals surface area contributed by atoms with E-state index in [1.165, 1.54) is 13.2 Å². The van der Waals surface area contributed by atoms with Crippen LogP contribution in [0.1, 0.15) is 29.2 Å². The average Bonchev–Trinajstić information content (AvgIpc) is 3.40. The Morgan fingerprint density at radius 3 is 2.74 bits per heavy atom. The molecular weight excluding hydrogens is 438 g/mol. The molecule has 1 amide bonds. The van der Waals surface area contributed by atoms with Crippen molar-refractivity contribution in [2.75, 3.05) is 17.1 Å². The van der Waals surface area contributed by atoms with E-state index in [-0.39, 0.29) is 16.0 Å². The van der Waals surface area contributed by atoms with Crippen LogP contribution in [0.15, 0.2) is 45.1 Å². The summed E-state index contributed by atoms with van der Waals surface area (Å²) in [6, 6.07) is 10.0. The Morgan fingerprint density at radius 1 is 1.23 bits per heavy atom. The van der Waals surface area contributed by atoms with Crippen LogP contribution in [0.3, 0.4) is 0 Å². The van der Waals surface area contributed by atoms with Gasteiger partial charge in [0.05, 0.1) is 12.8 Å². The minimum absolute atomic E-state index is 0.0344. The van der Waals surface area contributed by atoms with E-state index in [4.69, 9.17) is 9.26 Å². The molecule has 0 unspecified atom stereocenters. The summed E-state index contributed by atoms with van der Waals surface area (Å²) in [6.45, 7) is 1.75. The number of aromatic nitrogens is 1. The van der Waals surface area contributed by atoms with Gasteiger partial charge in [0.25, 0.3) is 10.0 Å². The van der Waals surface area contributed by atoms with E-state index in [1.54, 1.807) is 49.4 Å². The maximum atomic E-state index is 12.7. The molecule has 8 nitrogen and oxygen atoms in total. The molecule has 0 radical (unpaired) electrons. The van der Waals surface area contributed by atoms with E-state index in [0.29, 0.717) is 33.5 Å². The quantitative estimate of drug-likeness (QED) is 0.517. The standard InChI is InChI=1S/C21H21N3O5S2/c1-13-20(22-21(25)14-7-8-14)18(29-23-13)11-9-15-10-12-19(30-15)31(26,27)24-16-5-3-4-6-17(16)28-2/h3-6,9-12,14,24H,7-8H2,1-2H3,(H,22,25)/b11-9+. The first-order valence-electron chi connectivity index (χ1n) is 9.58. The number of methoxy groups -OCH3 is 1. The number of hydrogen-bond acceptors (Lipinski definition) is 7. The molecular formula is C21H21N3O5S2. The summed E-state index contributed by atoms with van der Waals surface area (Å²) in [7, 11) is -2.29. The highest BCUT2D eigenvalue weighted by Crippen LogP contribution is 2.33. The van der Waals surface area contributed by atoms with Crippen LogP contribution < -0.4 is 14.8 Å². The van der Waals surface area contributed by atoms with Crippen LogP contribution in [0.25, 0.3) is 12.2 Å². The first-order valence-corrected chi connectivity index (χ1v) is 11.9. The van der Waals surface area contributed by atoms with Gasteiger partial charge < -0.3 is 14.6 Å². The third-order valence-electron chi connectivity index (χ3n) is 4.70. The van der Waals surface area contributed by atoms with Crippen LogP contribution in [0.2, 0.25) is 0 Å². The number of benzene rings is 1. The van der Waals surface area contributed by atoms with Crippen molar-refractivity contribution in [1.29, 1.82) is 0 Å². The first-order chi connectivity index (χ1) is 14.9. The molecule has 0 aliphatic heterocycles. The Balaban J connectivity index is 1.50. The summed E-state index contributed by atoms with van der Waals surface area (Å²) in [5.74, 6) is 0.875. The number of thiophene rings is 1. The molecule has 0 saturated heterocycles. The Kier molecular flexibility index (Phi) is 5.84. The number of carbonyl (C=O) groups is 1. The van der Waals surface area contributed by atoms with E-state index in [0.717, 1.165) is 24.2 Å². The van der Waals surface area contributed by atoms with Gasteiger partial charge in [0.2, 0.25) is 5.91 Å². The van der Waals surface area contributed by atoms with Crippen LogP contribution in [0, 0.1) is 12.8 Å². The molecule has 1 saturated carbocycles. The summed E-state index contributed by atoms with van der Waals surface area (Å²) >= 11 is 1.11. The highest BCUT2D eigenvalue weighted by atomic mass is 32.2. The third-order valence-corrected chi connectivity index (χ3v) is 7.61. The van der Waals surface area contributed by atoms with Gasteiger partial charge in [-0.2, -0.15) is 0 Å². The van der Waals surface area contributed by atoms with E-state index >= 15 is 0 Å². The van der Waals surface area contributed by atoms with Gasteiger partial charge in [0.1, 0.15) is 21.3 Å². The second-order valence-corrected chi connectivity index (χ2v) is 10.1. The average molecular weight is 460 g/mol. The molecule has 1 fully saturated rings. The molecule has 1 aliphatic rings. The minimum Gasteiger partial charge on any atom is -0.495 e. The van der Waals surface area contributed by atoms with E-state index in [1.807, 2.05) is 0 Å². The molecule has 0 spiro atoms. The summed E-state index contributed by atoms with van der Waals surface area (Å²) < 4.78 is 38.7. The number of anilines is 2. The molecule has 0 bridgehead atoms. The lowest BCUT2D eigenvalue weighted by molar-refractivity contribution is -0.117. The van der Waals surface area contributed by atoms with E-state index < -0.39 is 10.0 Å². The van der Waals surface area contributed by atoms with Crippen molar-refractivity contribution < 1.29 is 22.5 Å². The second kappa shape index (κ2) is 8.56. The highest BCUT2D eigenvalue weighted by Gasteiger charge is 2.30. The Bertz CT molecular complexity index is 1240. The molecule has 0 atom stereocenters. The van der Waals surface area contributed by atoms with Crippen molar-refractivity contribution in [2.45, 2.75) is 24.0 Å². The fraction of sp³-hybridized carbons (Fsp3) is 0.238. The van der Waals surface area contributed by atoms with E-state index in [9.17, 15) is 13.2 Å². The van der Waals surface area contributed by atoms with Gasteiger partial charge in [-0.05, 0) is 56.2 Å². The molecule has 4 rings (SSSR count). The largest absolute Gasteiger partial charge is 0.495 e. The predicted molar refractivity (Wildman–Crippen MR) is 120 cm³/mol. The number of rotatable bonds is 8. The minimum atomic E-state index is -3.77. The number of hydrogen-bond donors (Lipinski definition) is 2. The Morgan fingerprint density at radius 2 is 2.00 bits per heavy atom. The van der Waals surface area contributed by atoms with Crippen molar-refractivity contribution in [1.82, 2.24) is 5.16 Å². The lowest BCUT2D eigenvalue weighted by Crippen LogP contribution is -2.14. The van der Waals surface area contributed by atoms with E-state index in [2.05, 4.69) is 15.2 Å². The van der Waals surface area contributed by atoms with Gasteiger partial charge in [0, 0.05) is 10.8 Å². The zero-order valence-electron chi connectivity index (χ0n) is 16.9. The normalized spacial score (nSPS) is 14.0. The van der Waals surface area contributed by atoms with Gasteiger partial charge >= 0.3 is 0 Å². The molecule has 3 aromatic rings. The number of nitrogens with zero attached hydrogens (tertiary/aromatic N) is 1. The first kappa shape index (κ1) is 21.1. The molecule has 1 aliphatic carbocycles. The number of para-hydroxylation sites is 2. The number of amides is 1. The Labute approximate surface area is 184 Å². The maximum Gasteiger partial charge on any atom is 0.271 e. The fourth-order valence-electron chi connectivity index (χ4n) is 2.87. The number of nitrogens with one attached hydrogen (secondary N) is 2. The van der Waals surface area contributed by atoms with Crippen LogP contribution in [0.5, 0.6) is 5.75 Å². The summed E-state index contributed by atoms with van der Waals surface area (Å²) in [4.78, 5) is 12.8. The molecule has 1 aromatic carbocycles. The fourth-order valence-corrected chi connectivity index (χ4v) is 5.17. The summed E-state index contributed by atoms with van der Waals surface area (Å²) in [5.41, 5.74) is 1.49. The number of ether oxygens (including phenoxy) is 1. The van der Waals surface area contributed by atoms with Crippen molar-refractivity contribution in [3.05, 3.63) is 52.7 Å². The van der Waals surface area contributed by atoms with Gasteiger partial charge in [-0.25, -0.2) is 8.42 Å². The SMILES string of the molecule is COc1ccccc1NS(=O)(=O)c1ccc(/C=C/c2onc(C)c2NC(=O)C2CC2)s1. The van der Waals surface area contributed by atoms with Crippen LogP contribution in [0.4, 0.5) is 11.4 Å². The lowest BCUT2D eigenvalue weighted by atomic mass is 10.2. The topological polar surface area (TPSA) is 111 Å². The monoisotopic (exact) mass is 459 g/mol. The number of carbonyl (C=O) groups excluding carboxylic acids is 1. The molecule has 10 heteroatoms. The van der Waals surface area contributed by atoms with Crippen LogP contribution >= 0.6 is 11.3 Å². The lowest BCUT2D eigenvalue weighted by Gasteiger charge is -2.10. The van der Waals surface area contributed by atoms with Crippen LogP contribution in [-0.2, 0) is 14.8 Å². The van der Waals surface area contributed by atoms with Crippen molar-refractivity contribution in [2.24, 2.45) is 5.92 Å². The van der Waals surface area contributed by atoms with Crippen LogP contribution in [-0.4, -0.2) is 26.6 Å². The predicted octanol–water partition coefficient (Wildman–Crippen LogP) is 4.37. The van der Waals surface area contributed by atoms with Gasteiger partial charge in [0.15, 0.2) is 5.76 Å². The van der Waals surface area contributed by atoms with Gasteiger partial charge in [-0.1, -0.05) is 17.3 Å². The molecule has 2 heterocycles. The summed E-state index contributed by atoms with van der Waals surface area (Å²) in [6.07, 6.45) is 5.19. The molecule has 2 N–H and O–H groups in total. The van der Waals surface area contributed by atoms with Gasteiger partial charge in [-0.15, -0.1) is 11.3 Å². The zero-order chi connectivity index (χ0) is 22.0. The molecule has 2 aromatic heterocycles. The molecule has 31 heavy (non-hydrogen) atoms. The second-order valence-electron chi connectivity index (χ2n) is 7.07. The van der Waals surface area contributed by atoms with Crippen molar-refractivity contribution in [3.8, 4) is 5.75 Å². The number of aryl methyl sites for hydroxylation is 1. The summed E-state index contributed by atoms with van der Waals surface area (Å²) in [5, 5.41) is 6.78. The third kappa shape index (κ3) is 4.80. The Hall–Kier alpha value is -3.11. The van der Waals surface area contributed by atoms with Crippen molar-refractivity contribution in [3.63, 3.8) is 0 Å². The maximum absolute atomic E-state index is 12.7. The smallest absolute Gasteiger partial charge is 0.271 e. The van der Waals surface area contributed by atoms with Crippen molar-refractivity contribution >= 4 is 50.8 Å². The zero-order valence-corrected chi connectivity index (χ0v) is 18.5. The van der Waals surface area contributed by atoms with Gasteiger partial charge in [-0.3, -0.25) is 9.52 Å².